The molecular formula is C25H32N2O4. The molecular weight excluding hydrogens is 392 g/mol. The van der Waals surface area contributed by atoms with E-state index >= 15 is 0 Å². The van der Waals surface area contributed by atoms with Gasteiger partial charge in [-0.05, 0) is 30.5 Å². The van der Waals surface area contributed by atoms with Crippen LogP contribution in [0.4, 0.5) is 0 Å². The number of hydrogen-bond donors (Lipinski definition) is 2. The van der Waals surface area contributed by atoms with E-state index in [1.54, 1.807) is 7.11 Å². The van der Waals surface area contributed by atoms with Crippen LogP contribution in [0.5, 0.6) is 0 Å². The molecule has 0 spiro atoms. The zero-order valence-corrected chi connectivity index (χ0v) is 18.3. The predicted molar refractivity (Wildman–Crippen MR) is 119 cm³/mol. The molecule has 1 aliphatic rings. The lowest BCUT2D eigenvalue weighted by Crippen LogP contribution is -2.51. The second kappa shape index (κ2) is 11.6. The first kappa shape index (κ1) is 23.0. The molecule has 1 saturated heterocycles. The monoisotopic (exact) mass is 424 g/mol. The molecule has 166 valence electrons. The molecule has 2 N–H and O–H groups in total. The lowest BCUT2D eigenvalue weighted by Gasteiger charge is -2.29. The Hall–Kier alpha value is -2.70. The van der Waals surface area contributed by atoms with Gasteiger partial charge in [-0.1, -0.05) is 67.6 Å². The average Bonchev–Trinajstić information content (AvgIpc) is 3.33. The van der Waals surface area contributed by atoms with E-state index < -0.39 is 17.9 Å². The molecule has 2 aromatic carbocycles. The minimum atomic E-state index is -0.768. The fourth-order valence-electron chi connectivity index (χ4n) is 4.03. The Morgan fingerprint density at radius 2 is 1.71 bits per heavy atom. The minimum absolute atomic E-state index is 0.142. The van der Waals surface area contributed by atoms with Crippen molar-refractivity contribution in [2.75, 3.05) is 13.7 Å². The van der Waals surface area contributed by atoms with Crippen LogP contribution in [-0.2, 0) is 32.1 Å². The van der Waals surface area contributed by atoms with Gasteiger partial charge in [0.25, 0.3) is 0 Å². The quantitative estimate of drug-likeness (QED) is 0.574. The number of ether oxygens (including phenoxy) is 2. The van der Waals surface area contributed by atoms with Crippen molar-refractivity contribution in [3.05, 3.63) is 71.8 Å². The smallest absolute Gasteiger partial charge is 0.329 e. The molecule has 6 nitrogen and oxygen atoms in total. The van der Waals surface area contributed by atoms with Gasteiger partial charge in [0.1, 0.15) is 12.6 Å². The van der Waals surface area contributed by atoms with Crippen LogP contribution < -0.4 is 10.6 Å². The van der Waals surface area contributed by atoms with Crippen LogP contribution in [-0.4, -0.2) is 43.7 Å². The highest BCUT2D eigenvalue weighted by atomic mass is 16.5. The summed E-state index contributed by atoms with van der Waals surface area (Å²) in [5, 5.41) is 6.32. The van der Waals surface area contributed by atoms with Crippen LogP contribution in [0.25, 0.3) is 0 Å². The molecule has 31 heavy (non-hydrogen) atoms. The molecule has 1 heterocycles. The highest BCUT2D eigenvalue weighted by Gasteiger charge is 2.34. The number of esters is 1. The number of carbonyl (C=O) groups excluding carboxylic acids is 2. The number of amides is 1. The van der Waals surface area contributed by atoms with Gasteiger partial charge in [0, 0.05) is 19.6 Å². The number of carbonyl (C=O) groups is 2. The third-order valence-corrected chi connectivity index (χ3v) is 5.78. The third-order valence-electron chi connectivity index (χ3n) is 5.78. The van der Waals surface area contributed by atoms with Gasteiger partial charge >= 0.3 is 5.97 Å². The molecule has 1 amide bonds. The summed E-state index contributed by atoms with van der Waals surface area (Å²) in [5.41, 5.74) is 1.86. The minimum Gasteiger partial charge on any atom is -0.459 e. The number of nitrogens with one attached hydrogen (secondary N) is 2. The molecule has 0 aliphatic carbocycles. The second-order valence-corrected chi connectivity index (χ2v) is 8.04. The van der Waals surface area contributed by atoms with Crippen molar-refractivity contribution in [2.45, 2.75) is 51.0 Å². The molecule has 1 fully saturated rings. The van der Waals surface area contributed by atoms with Crippen LogP contribution in [0.3, 0.4) is 0 Å². The van der Waals surface area contributed by atoms with Gasteiger partial charge in [0.2, 0.25) is 5.91 Å². The fourth-order valence-corrected chi connectivity index (χ4v) is 4.03. The second-order valence-electron chi connectivity index (χ2n) is 8.04. The maximum Gasteiger partial charge on any atom is 0.329 e. The van der Waals surface area contributed by atoms with E-state index in [0.29, 0.717) is 6.42 Å². The zero-order chi connectivity index (χ0) is 22.1. The van der Waals surface area contributed by atoms with Crippen LogP contribution >= 0.6 is 0 Å². The molecule has 0 saturated carbocycles. The Morgan fingerprint density at radius 1 is 1.06 bits per heavy atom. The van der Waals surface area contributed by atoms with E-state index in [-0.39, 0.29) is 24.7 Å². The third kappa shape index (κ3) is 6.64. The summed E-state index contributed by atoms with van der Waals surface area (Å²) in [6.07, 6.45) is 2.16. The lowest BCUT2D eigenvalue weighted by molar-refractivity contribution is -0.150. The number of hydrogen-bond acceptors (Lipinski definition) is 5. The summed E-state index contributed by atoms with van der Waals surface area (Å²) >= 11 is 0. The fraction of sp³-hybridized carbons (Fsp3) is 0.440. The molecule has 2 aromatic rings. The summed E-state index contributed by atoms with van der Waals surface area (Å²) < 4.78 is 11.2. The van der Waals surface area contributed by atoms with E-state index in [9.17, 15) is 9.59 Å². The molecule has 0 bridgehead atoms. The predicted octanol–water partition coefficient (Wildman–Crippen LogP) is 2.86. The normalized spacial score (nSPS) is 18.7. The molecule has 6 heteroatoms. The van der Waals surface area contributed by atoms with Crippen LogP contribution in [0.2, 0.25) is 0 Å². The molecule has 0 radical (unpaired) electrons. The topological polar surface area (TPSA) is 76.7 Å². The Balaban J connectivity index is 1.67. The van der Waals surface area contributed by atoms with Crippen molar-refractivity contribution in [3.8, 4) is 0 Å². The number of methoxy groups -OCH3 is 1. The first-order chi connectivity index (χ1) is 15.1. The Kier molecular flexibility index (Phi) is 8.62. The van der Waals surface area contributed by atoms with Crippen LogP contribution in [0, 0.1) is 5.92 Å². The Morgan fingerprint density at radius 3 is 2.29 bits per heavy atom. The van der Waals surface area contributed by atoms with Gasteiger partial charge in [-0.15, -0.1) is 0 Å². The number of rotatable bonds is 10. The Bertz CT molecular complexity index is 822. The molecule has 3 rings (SSSR count). The molecule has 4 unspecified atom stereocenters. The summed E-state index contributed by atoms with van der Waals surface area (Å²) in [6.45, 7) is 2.95. The van der Waals surface area contributed by atoms with Crippen molar-refractivity contribution < 1.29 is 19.1 Å². The SMILES string of the molecule is COC(C1CCCN1)C(C)C(=O)NC(Cc1ccccc1)C(=O)OCc1ccccc1. The maximum absolute atomic E-state index is 13.1. The average molecular weight is 425 g/mol. The standard InChI is InChI=1S/C25H32N2O4/c1-18(23(30-2)21-14-9-15-26-21)24(28)27-22(16-19-10-5-3-6-11-19)25(29)31-17-20-12-7-4-8-13-20/h3-8,10-13,18,21-23,26H,9,14-17H2,1-2H3,(H,27,28). The van der Waals surface area contributed by atoms with Crippen molar-refractivity contribution in [3.63, 3.8) is 0 Å². The van der Waals surface area contributed by atoms with Crippen molar-refractivity contribution in [1.29, 1.82) is 0 Å². The highest BCUT2D eigenvalue weighted by Crippen LogP contribution is 2.19. The van der Waals surface area contributed by atoms with Gasteiger partial charge in [-0.25, -0.2) is 4.79 Å². The molecule has 4 atom stereocenters. The lowest BCUT2D eigenvalue weighted by atomic mass is 9.95. The van der Waals surface area contributed by atoms with Crippen molar-refractivity contribution >= 4 is 11.9 Å². The van der Waals surface area contributed by atoms with E-state index in [4.69, 9.17) is 9.47 Å². The Labute approximate surface area is 184 Å². The van der Waals surface area contributed by atoms with E-state index in [1.807, 2.05) is 67.6 Å². The van der Waals surface area contributed by atoms with E-state index in [2.05, 4.69) is 10.6 Å². The summed E-state index contributed by atoms with van der Waals surface area (Å²) in [4.78, 5) is 25.9. The number of benzene rings is 2. The van der Waals surface area contributed by atoms with Gasteiger partial charge in [-0.3, -0.25) is 4.79 Å². The van der Waals surface area contributed by atoms with E-state index in [1.165, 1.54) is 0 Å². The van der Waals surface area contributed by atoms with Gasteiger partial charge in [0.15, 0.2) is 0 Å². The van der Waals surface area contributed by atoms with Gasteiger partial charge in [0.05, 0.1) is 12.0 Å². The summed E-state index contributed by atoms with van der Waals surface area (Å²) in [5.74, 6) is -1.06. The van der Waals surface area contributed by atoms with E-state index in [0.717, 1.165) is 30.5 Å². The largest absolute Gasteiger partial charge is 0.459 e. The first-order valence-corrected chi connectivity index (χ1v) is 10.9. The summed E-state index contributed by atoms with van der Waals surface area (Å²) in [6, 6.07) is 18.5. The maximum atomic E-state index is 13.1. The molecule has 1 aliphatic heterocycles. The molecule has 0 aromatic heterocycles. The van der Waals surface area contributed by atoms with Gasteiger partial charge < -0.3 is 20.1 Å². The summed E-state index contributed by atoms with van der Waals surface area (Å²) in [7, 11) is 1.63. The zero-order valence-electron chi connectivity index (χ0n) is 18.3. The van der Waals surface area contributed by atoms with Gasteiger partial charge in [-0.2, -0.15) is 0 Å². The highest BCUT2D eigenvalue weighted by molar-refractivity contribution is 5.86. The van der Waals surface area contributed by atoms with Crippen molar-refractivity contribution in [1.82, 2.24) is 10.6 Å². The van der Waals surface area contributed by atoms with Crippen LogP contribution in [0.15, 0.2) is 60.7 Å². The van der Waals surface area contributed by atoms with Crippen LogP contribution in [0.1, 0.15) is 30.9 Å². The first-order valence-electron chi connectivity index (χ1n) is 10.9. The van der Waals surface area contributed by atoms with Crippen molar-refractivity contribution in [2.24, 2.45) is 5.92 Å².